The molecule has 152 valence electrons. The van der Waals surface area contributed by atoms with Crippen LogP contribution in [0.25, 0.3) is 21.7 Å². The Bertz CT molecular complexity index is 1240. The van der Waals surface area contributed by atoms with Crippen molar-refractivity contribution >= 4 is 21.7 Å². The zero-order valence-electron chi connectivity index (χ0n) is 17.2. The number of aromatic nitrogens is 1. The molecule has 1 N–H and O–H groups in total. The van der Waals surface area contributed by atoms with E-state index in [0.29, 0.717) is 5.92 Å². The minimum atomic E-state index is -0.0180. The van der Waals surface area contributed by atoms with Crippen LogP contribution in [-0.4, -0.2) is 30.1 Å². The highest BCUT2D eigenvalue weighted by Crippen LogP contribution is 2.30. The van der Waals surface area contributed by atoms with Crippen molar-refractivity contribution in [3.8, 4) is 5.75 Å². The fourth-order valence-electron chi connectivity index (χ4n) is 4.69. The molecule has 0 atom stereocenters. The number of likely N-dealkylation sites (tertiary alicyclic amines) is 1. The average molecular weight is 399 g/mol. The van der Waals surface area contributed by atoms with Gasteiger partial charge in [-0.3, -0.25) is 9.69 Å². The molecule has 5 rings (SSSR count). The number of ether oxygens (including phenoxy) is 1. The Kier molecular flexibility index (Phi) is 5.01. The van der Waals surface area contributed by atoms with Crippen LogP contribution in [0.2, 0.25) is 0 Å². The average Bonchev–Trinajstić information content (AvgIpc) is 2.80. The molecule has 0 spiro atoms. The van der Waals surface area contributed by atoms with Crippen LogP contribution in [0, 0.1) is 0 Å². The van der Waals surface area contributed by atoms with Gasteiger partial charge in [-0.05, 0) is 72.6 Å². The summed E-state index contributed by atoms with van der Waals surface area (Å²) < 4.78 is 5.27. The van der Waals surface area contributed by atoms with Crippen molar-refractivity contribution in [2.45, 2.75) is 25.3 Å². The van der Waals surface area contributed by atoms with Crippen molar-refractivity contribution < 1.29 is 4.74 Å². The summed E-state index contributed by atoms with van der Waals surface area (Å²) in [7, 11) is 1.71. The summed E-state index contributed by atoms with van der Waals surface area (Å²) in [5.41, 5.74) is 3.56. The quantitative estimate of drug-likeness (QED) is 0.488. The second kappa shape index (κ2) is 7.96. The summed E-state index contributed by atoms with van der Waals surface area (Å²) in [5, 5.41) is 2.87. The Morgan fingerprint density at radius 2 is 1.67 bits per heavy atom. The molecule has 4 heteroatoms. The summed E-state index contributed by atoms with van der Waals surface area (Å²) in [6.45, 7) is 3.09. The lowest BCUT2D eigenvalue weighted by atomic mass is 9.89. The molecule has 4 nitrogen and oxygen atoms in total. The molecule has 0 unspecified atom stereocenters. The summed E-state index contributed by atoms with van der Waals surface area (Å²) in [5.74, 6) is 1.53. The van der Waals surface area contributed by atoms with Gasteiger partial charge in [0.25, 0.3) is 5.56 Å². The Morgan fingerprint density at radius 3 is 2.40 bits per heavy atom. The first-order valence-electron chi connectivity index (χ1n) is 10.6. The van der Waals surface area contributed by atoms with Crippen LogP contribution in [0.15, 0.2) is 71.5 Å². The zero-order valence-corrected chi connectivity index (χ0v) is 17.2. The van der Waals surface area contributed by atoms with Gasteiger partial charge in [0.1, 0.15) is 5.75 Å². The number of rotatable bonds is 4. The SMILES string of the molecule is COc1ccc(C2CCN(Cc3ccc4c(c3)[nH]c(=O)c3ccccc34)CC2)cc1. The molecule has 30 heavy (non-hydrogen) atoms. The molecule has 0 bridgehead atoms. The molecule has 0 aliphatic carbocycles. The van der Waals surface area contributed by atoms with E-state index in [2.05, 4.69) is 52.3 Å². The summed E-state index contributed by atoms with van der Waals surface area (Å²) in [4.78, 5) is 18.0. The number of aromatic amines is 1. The van der Waals surface area contributed by atoms with Crippen LogP contribution >= 0.6 is 0 Å². The molecule has 4 aromatic rings. The third-order valence-corrected chi connectivity index (χ3v) is 6.38. The van der Waals surface area contributed by atoms with Gasteiger partial charge in [-0.2, -0.15) is 0 Å². The van der Waals surface area contributed by atoms with Crippen molar-refractivity contribution in [1.82, 2.24) is 9.88 Å². The van der Waals surface area contributed by atoms with Gasteiger partial charge in [-0.15, -0.1) is 0 Å². The number of methoxy groups -OCH3 is 1. The van der Waals surface area contributed by atoms with E-state index < -0.39 is 0 Å². The van der Waals surface area contributed by atoms with Crippen molar-refractivity contribution in [3.63, 3.8) is 0 Å². The molecule has 3 aromatic carbocycles. The third-order valence-electron chi connectivity index (χ3n) is 6.38. The van der Waals surface area contributed by atoms with E-state index in [4.69, 9.17) is 4.74 Å². The topological polar surface area (TPSA) is 45.3 Å². The fraction of sp³-hybridized carbons (Fsp3) is 0.269. The van der Waals surface area contributed by atoms with Gasteiger partial charge in [0.05, 0.1) is 7.11 Å². The smallest absolute Gasteiger partial charge is 0.256 e. The molecule has 0 radical (unpaired) electrons. The van der Waals surface area contributed by atoms with E-state index in [1.807, 2.05) is 24.3 Å². The van der Waals surface area contributed by atoms with Crippen LogP contribution in [0.5, 0.6) is 5.75 Å². The summed E-state index contributed by atoms with van der Waals surface area (Å²) in [6.07, 6.45) is 2.34. The molecule has 1 aromatic heterocycles. The van der Waals surface area contributed by atoms with E-state index in [0.717, 1.165) is 47.1 Å². The Balaban J connectivity index is 1.30. The minimum absolute atomic E-state index is 0.0180. The monoisotopic (exact) mass is 398 g/mol. The minimum Gasteiger partial charge on any atom is -0.497 e. The number of hydrogen-bond acceptors (Lipinski definition) is 3. The third kappa shape index (κ3) is 3.59. The molecular formula is C26H26N2O2. The van der Waals surface area contributed by atoms with E-state index in [1.54, 1.807) is 7.11 Å². The van der Waals surface area contributed by atoms with Crippen molar-refractivity contribution in [2.75, 3.05) is 20.2 Å². The summed E-state index contributed by atoms with van der Waals surface area (Å²) >= 11 is 0. The number of fused-ring (bicyclic) bond motifs is 3. The summed E-state index contributed by atoms with van der Waals surface area (Å²) in [6, 6.07) is 22.8. The predicted molar refractivity (Wildman–Crippen MR) is 122 cm³/mol. The standard InChI is InChI=1S/C26H26N2O2/c1-30-21-9-7-19(8-10-21)20-12-14-28(15-13-20)17-18-6-11-23-22-4-2-3-5-24(22)26(29)27-25(23)16-18/h2-11,16,20H,12-15,17H2,1H3,(H,27,29). The first-order valence-corrected chi connectivity index (χ1v) is 10.6. The van der Waals surface area contributed by atoms with E-state index in [1.165, 1.54) is 24.0 Å². The van der Waals surface area contributed by atoms with E-state index in [-0.39, 0.29) is 5.56 Å². The highest BCUT2D eigenvalue weighted by atomic mass is 16.5. The second-order valence-electron chi connectivity index (χ2n) is 8.20. The van der Waals surface area contributed by atoms with Gasteiger partial charge in [0.15, 0.2) is 0 Å². The number of pyridine rings is 1. The van der Waals surface area contributed by atoms with E-state index >= 15 is 0 Å². The Hall–Kier alpha value is -3.11. The number of hydrogen-bond donors (Lipinski definition) is 1. The maximum Gasteiger partial charge on any atom is 0.256 e. The van der Waals surface area contributed by atoms with Gasteiger partial charge >= 0.3 is 0 Å². The van der Waals surface area contributed by atoms with Gasteiger partial charge in [0.2, 0.25) is 0 Å². The molecule has 0 saturated carbocycles. The van der Waals surface area contributed by atoms with Gasteiger partial charge in [-0.1, -0.05) is 42.5 Å². The number of benzene rings is 3. The van der Waals surface area contributed by atoms with Crippen LogP contribution < -0.4 is 10.3 Å². The Labute approximate surface area is 176 Å². The van der Waals surface area contributed by atoms with Gasteiger partial charge in [0, 0.05) is 22.8 Å². The van der Waals surface area contributed by atoms with Crippen molar-refractivity contribution in [2.24, 2.45) is 0 Å². The van der Waals surface area contributed by atoms with Crippen LogP contribution in [0.4, 0.5) is 0 Å². The lowest BCUT2D eigenvalue weighted by Gasteiger charge is -2.32. The maximum absolute atomic E-state index is 12.4. The highest BCUT2D eigenvalue weighted by Gasteiger charge is 2.21. The first-order chi connectivity index (χ1) is 14.7. The van der Waals surface area contributed by atoms with E-state index in [9.17, 15) is 4.79 Å². The fourth-order valence-corrected chi connectivity index (χ4v) is 4.69. The van der Waals surface area contributed by atoms with Crippen molar-refractivity contribution in [1.29, 1.82) is 0 Å². The van der Waals surface area contributed by atoms with Gasteiger partial charge < -0.3 is 9.72 Å². The lowest BCUT2D eigenvalue weighted by Crippen LogP contribution is -2.32. The second-order valence-corrected chi connectivity index (χ2v) is 8.20. The molecule has 1 aliphatic rings. The number of piperidine rings is 1. The van der Waals surface area contributed by atoms with Gasteiger partial charge in [-0.25, -0.2) is 0 Å². The number of H-pyrrole nitrogens is 1. The molecule has 0 amide bonds. The number of nitrogens with zero attached hydrogens (tertiary/aromatic N) is 1. The zero-order chi connectivity index (χ0) is 20.5. The van der Waals surface area contributed by atoms with Crippen molar-refractivity contribution in [3.05, 3.63) is 88.2 Å². The predicted octanol–water partition coefficient (Wildman–Crippen LogP) is 5.07. The Morgan fingerprint density at radius 1 is 0.933 bits per heavy atom. The highest BCUT2D eigenvalue weighted by molar-refractivity contribution is 6.05. The molecule has 1 saturated heterocycles. The molecule has 1 aliphatic heterocycles. The molecular weight excluding hydrogens is 372 g/mol. The normalized spacial score (nSPS) is 15.6. The first kappa shape index (κ1) is 18.9. The molecule has 2 heterocycles. The van der Waals surface area contributed by atoms with Crippen LogP contribution in [0.3, 0.4) is 0 Å². The molecule has 1 fully saturated rings. The number of nitrogens with one attached hydrogen (secondary N) is 1. The lowest BCUT2D eigenvalue weighted by molar-refractivity contribution is 0.204. The maximum atomic E-state index is 12.4. The largest absolute Gasteiger partial charge is 0.497 e. The van der Waals surface area contributed by atoms with Crippen LogP contribution in [-0.2, 0) is 6.54 Å². The van der Waals surface area contributed by atoms with Crippen LogP contribution in [0.1, 0.15) is 29.9 Å².